The zero-order valence-corrected chi connectivity index (χ0v) is 26.0. The minimum absolute atomic E-state index is 0.277. The average Bonchev–Trinajstić information content (AvgIpc) is 3.65. The maximum Gasteiger partial charge on any atom is 0.410 e. The number of likely N-dealkylation sites (N-methyl/N-ethyl adjacent to an activating group) is 1. The first-order valence-corrected chi connectivity index (χ1v) is 15.1. The van der Waals surface area contributed by atoms with Gasteiger partial charge < -0.3 is 24.4 Å². The lowest BCUT2D eigenvalue weighted by molar-refractivity contribution is 0.0190. The number of amides is 1. The van der Waals surface area contributed by atoms with Gasteiger partial charge in [-0.1, -0.05) is 24.3 Å². The van der Waals surface area contributed by atoms with Crippen molar-refractivity contribution in [2.24, 2.45) is 0 Å². The molecule has 7 nitrogen and oxygen atoms in total. The number of carbonyl (C=O) groups is 1. The zero-order chi connectivity index (χ0) is 29.8. The summed E-state index contributed by atoms with van der Waals surface area (Å²) in [5, 5.41) is 1.10. The standard InChI is InChI=1S/C35H43N5O2/c1-23-18-26(19-24(2)31(23)40-16-14-38(6)15-17-40)27-20-29-30(22-37-32(29)36-21-27)25-8-10-28(11-9-25)35(12-13-35)39(7)33(41)42-34(3,4)5/h8-11,18-22H,12-17H2,1-7H3,(H,36,37). The molecule has 4 aromatic rings. The van der Waals surface area contributed by atoms with Crippen LogP contribution >= 0.6 is 0 Å². The molecule has 6 rings (SSSR count). The molecule has 1 saturated heterocycles. The Bertz CT molecular complexity index is 1600. The third-order valence-electron chi connectivity index (χ3n) is 8.94. The van der Waals surface area contributed by atoms with Gasteiger partial charge in [-0.15, -0.1) is 0 Å². The molecule has 2 fully saturated rings. The fourth-order valence-corrected chi connectivity index (χ4v) is 6.45. The van der Waals surface area contributed by atoms with Gasteiger partial charge in [0, 0.05) is 67.8 Å². The monoisotopic (exact) mass is 565 g/mol. The van der Waals surface area contributed by atoms with Gasteiger partial charge in [-0.05, 0) is 101 Å². The van der Waals surface area contributed by atoms with Crippen molar-refractivity contribution in [2.75, 3.05) is 45.2 Å². The number of rotatable bonds is 5. The van der Waals surface area contributed by atoms with Gasteiger partial charge in [0.15, 0.2) is 0 Å². The highest BCUT2D eigenvalue weighted by Crippen LogP contribution is 2.51. The highest BCUT2D eigenvalue weighted by atomic mass is 16.6. The van der Waals surface area contributed by atoms with E-state index in [0.717, 1.165) is 72.3 Å². The van der Waals surface area contributed by atoms with E-state index in [4.69, 9.17) is 9.72 Å². The number of nitrogens with zero attached hydrogens (tertiary/aromatic N) is 4. The van der Waals surface area contributed by atoms with E-state index >= 15 is 0 Å². The molecule has 2 aromatic heterocycles. The van der Waals surface area contributed by atoms with Crippen LogP contribution in [0.5, 0.6) is 0 Å². The molecule has 7 heteroatoms. The lowest BCUT2D eigenvalue weighted by Gasteiger charge is -2.36. The quantitative estimate of drug-likeness (QED) is 0.279. The predicted octanol–water partition coefficient (Wildman–Crippen LogP) is 7.12. The lowest BCUT2D eigenvalue weighted by Crippen LogP contribution is -2.45. The van der Waals surface area contributed by atoms with Crippen LogP contribution in [-0.4, -0.2) is 71.7 Å². The average molecular weight is 566 g/mol. The molecule has 0 radical (unpaired) electrons. The maximum atomic E-state index is 12.8. The van der Waals surface area contributed by atoms with Gasteiger partial charge in [0.2, 0.25) is 0 Å². The number of ether oxygens (including phenoxy) is 1. The molecule has 2 aliphatic rings. The molecule has 0 bridgehead atoms. The topological polar surface area (TPSA) is 64.7 Å². The summed E-state index contributed by atoms with van der Waals surface area (Å²) in [4.78, 5) is 27.7. The van der Waals surface area contributed by atoms with E-state index < -0.39 is 5.60 Å². The summed E-state index contributed by atoms with van der Waals surface area (Å²) in [5.41, 5.74) is 9.76. The largest absolute Gasteiger partial charge is 0.444 e. The third-order valence-corrected chi connectivity index (χ3v) is 8.94. The number of aryl methyl sites for hydroxylation is 2. The molecule has 220 valence electrons. The number of fused-ring (bicyclic) bond motifs is 1. The summed E-state index contributed by atoms with van der Waals surface area (Å²) in [6.45, 7) is 14.5. The number of benzene rings is 2. The zero-order valence-electron chi connectivity index (χ0n) is 26.0. The van der Waals surface area contributed by atoms with Crippen molar-refractivity contribution in [3.8, 4) is 22.3 Å². The number of nitrogens with one attached hydrogen (secondary N) is 1. The molecule has 0 unspecified atom stereocenters. The van der Waals surface area contributed by atoms with Gasteiger partial charge >= 0.3 is 6.09 Å². The number of aromatic amines is 1. The van der Waals surface area contributed by atoms with Gasteiger partial charge in [-0.25, -0.2) is 9.78 Å². The van der Waals surface area contributed by atoms with E-state index in [1.165, 1.54) is 22.4 Å². The number of H-pyrrole nitrogens is 1. The van der Waals surface area contributed by atoms with E-state index in [2.05, 4.69) is 78.1 Å². The van der Waals surface area contributed by atoms with Crippen molar-refractivity contribution < 1.29 is 9.53 Å². The van der Waals surface area contributed by atoms with Gasteiger partial charge in [0.05, 0.1) is 5.54 Å². The molecule has 1 aliphatic heterocycles. The number of anilines is 1. The fourth-order valence-electron chi connectivity index (χ4n) is 6.45. The highest BCUT2D eigenvalue weighted by molar-refractivity contribution is 5.96. The van der Waals surface area contributed by atoms with Crippen LogP contribution in [-0.2, 0) is 10.3 Å². The van der Waals surface area contributed by atoms with E-state index in [-0.39, 0.29) is 11.6 Å². The molecule has 0 spiro atoms. The van der Waals surface area contributed by atoms with E-state index in [9.17, 15) is 4.79 Å². The van der Waals surface area contributed by atoms with Gasteiger partial charge in [-0.2, -0.15) is 0 Å². The molecular formula is C35H43N5O2. The van der Waals surface area contributed by atoms with E-state index in [1.807, 2.05) is 40.2 Å². The SMILES string of the molecule is Cc1cc(-c2cnc3[nH]cc(-c4ccc(C5(N(C)C(=O)OC(C)(C)C)CC5)cc4)c3c2)cc(C)c1N1CCN(C)CC1. The number of piperazine rings is 1. The molecule has 3 heterocycles. The maximum absolute atomic E-state index is 12.8. The van der Waals surface area contributed by atoms with Crippen molar-refractivity contribution in [1.29, 1.82) is 0 Å². The Labute approximate surface area is 249 Å². The number of pyridine rings is 1. The number of aromatic nitrogens is 2. The van der Waals surface area contributed by atoms with Gasteiger partial charge in [-0.3, -0.25) is 0 Å². The summed E-state index contributed by atoms with van der Waals surface area (Å²) in [7, 11) is 4.05. The Kier molecular flexibility index (Phi) is 7.04. The Balaban J connectivity index is 1.27. The third kappa shape index (κ3) is 5.26. The summed E-state index contributed by atoms with van der Waals surface area (Å²) in [6.07, 6.45) is 5.62. The van der Waals surface area contributed by atoms with Crippen molar-refractivity contribution >= 4 is 22.8 Å². The van der Waals surface area contributed by atoms with Crippen LogP contribution in [0.1, 0.15) is 50.3 Å². The molecule has 1 N–H and O–H groups in total. The summed E-state index contributed by atoms with van der Waals surface area (Å²) < 4.78 is 5.65. The van der Waals surface area contributed by atoms with Crippen LogP contribution in [0.2, 0.25) is 0 Å². The van der Waals surface area contributed by atoms with Gasteiger partial charge in [0.25, 0.3) is 0 Å². The summed E-state index contributed by atoms with van der Waals surface area (Å²) in [5.74, 6) is 0. The Morgan fingerprint density at radius 2 is 1.60 bits per heavy atom. The van der Waals surface area contributed by atoms with Crippen molar-refractivity contribution in [3.05, 3.63) is 71.5 Å². The first-order valence-electron chi connectivity index (χ1n) is 15.1. The van der Waals surface area contributed by atoms with Crippen molar-refractivity contribution in [1.82, 2.24) is 19.8 Å². The molecule has 1 saturated carbocycles. The number of hydrogen-bond acceptors (Lipinski definition) is 5. The van der Waals surface area contributed by atoms with Crippen LogP contribution < -0.4 is 4.90 Å². The predicted molar refractivity (Wildman–Crippen MR) is 171 cm³/mol. The highest BCUT2D eigenvalue weighted by Gasteiger charge is 2.51. The van der Waals surface area contributed by atoms with Crippen molar-refractivity contribution in [2.45, 2.75) is 58.6 Å². The molecular weight excluding hydrogens is 522 g/mol. The molecule has 1 amide bonds. The van der Waals surface area contributed by atoms with Gasteiger partial charge in [0.1, 0.15) is 11.2 Å². The summed E-state index contributed by atoms with van der Waals surface area (Å²) in [6, 6.07) is 15.5. The van der Waals surface area contributed by atoms with Crippen LogP contribution in [0.15, 0.2) is 54.9 Å². The first kappa shape index (κ1) is 28.3. The Hall–Kier alpha value is -3.84. The second-order valence-electron chi connectivity index (χ2n) is 13.2. The molecule has 0 atom stereocenters. The second kappa shape index (κ2) is 10.5. The van der Waals surface area contributed by atoms with Crippen LogP contribution in [0.4, 0.5) is 10.5 Å². The Morgan fingerprint density at radius 1 is 0.952 bits per heavy atom. The normalized spacial score (nSPS) is 17.0. The lowest BCUT2D eigenvalue weighted by atomic mass is 9.96. The van der Waals surface area contributed by atoms with Crippen LogP contribution in [0, 0.1) is 13.8 Å². The first-order chi connectivity index (χ1) is 19.9. The number of carbonyl (C=O) groups excluding carboxylic acids is 1. The Morgan fingerprint density at radius 3 is 2.19 bits per heavy atom. The van der Waals surface area contributed by atoms with E-state index in [0.29, 0.717) is 0 Å². The molecule has 1 aliphatic carbocycles. The smallest absolute Gasteiger partial charge is 0.410 e. The number of hydrogen-bond donors (Lipinski definition) is 1. The second-order valence-corrected chi connectivity index (χ2v) is 13.2. The van der Waals surface area contributed by atoms with Crippen LogP contribution in [0.3, 0.4) is 0 Å². The van der Waals surface area contributed by atoms with Crippen molar-refractivity contribution in [3.63, 3.8) is 0 Å². The minimum atomic E-state index is -0.516. The summed E-state index contributed by atoms with van der Waals surface area (Å²) >= 11 is 0. The molecule has 42 heavy (non-hydrogen) atoms. The fraction of sp³-hybridized carbons (Fsp3) is 0.429. The molecule has 2 aromatic carbocycles. The van der Waals surface area contributed by atoms with Crippen LogP contribution in [0.25, 0.3) is 33.3 Å². The van der Waals surface area contributed by atoms with E-state index in [1.54, 1.807) is 4.90 Å². The minimum Gasteiger partial charge on any atom is -0.444 e.